The van der Waals surface area contributed by atoms with Crippen molar-refractivity contribution in [3.05, 3.63) is 63.7 Å². The van der Waals surface area contributed by atoms with E-state index < -0.39 is 22.4 Å². The van der Waals surface area contributed by atoms with Gasteiger partial charge in [-0.2, -0.15) is 13.2 Å². The summed E-state index contributed by atoms with van der Waals surface area (Å²) in [5, 5.41) is 15.3. The van der Waals surface area contributed by atoms with E-state index in [4.69, 9.17) is 0 Å². The molecule has 0 radical (unpaired) electrons. The van der Waals surface area contributed by atoms with Crippen molar-refractivity contribution in [2.75, 3.05) is 36.4 Å². The molecule has 2 heterocycles. The number of hydrogen-bond donors (Lipinski definition) is 1. The van der Waals surface area contributed by atoms with Crippen molar-refractivity contribution in [3.8, 4) is 0 Å². The highest BCUT2D eigenvalue weighted by Crippen LogP contribution is 2.38. The molecule has 2 aromatic rings. The number of para-hydroxylation sites is 1. The summed E-state index contributed by atoms with van der Waals surface area (Å²) in [6.07, 6.45) is 2.19. The van der Waals surface area contributed by atoms with Gasteiger partial charge >= 0.3 is 6.18 Å². The van der Waals surface area contributed by atoms with Crippen LogP contribution in [0, 0.1) is 16.0 Å². The SMILES string of the molecule is O=C(C1CCCCC1)C(C1CCc2ccccc2N1)N1CCN(c2ccc(C(F)(F)F)cc2[N+](=O)[O-])CC1. The lowest BCUT2D eigenvalue weighted by molar-refractivity contribution is -0.384. The van der Waals surface area contributed by atoms with Gasteiger partial charge in [0.15, 0.2) is 5.78 Å². The first-order chi connectivity index (χ1) is 18.2. The van der Waals surface area contributed by atoms with Gasteiger partial charge in [0.1, 0.15) is 5.69 Å². The predicted octanol–water partition coefficient (Wildman–Crippen LogP) is 5.68. The number of alkyl halides is 3. The fraction of sp³-hybridized carbons (Fsp3) is 0.536. The predicted molar refractivity (Wildman–Crippen MR) is 139 cm³/mol. The zero-order chi connectivity index (χ0) is 26.9. The van der Waals surface area contributed by atoms with Gasteiger partial charge < -0.3 is 10.2 Å². The number of nitro groups is 1. The van der Waals surface area contributed by atoms with Crippen molar-refractivity contribution < 1.29 is 22.9 Å². The fourth-order valence-electron chi connectivity index (χ4n) is 6.31. The molecule has 204 valence electrons. The Kier molecular flexibility index (Phi) is 7.61. The van der Waals surface area contributed by atoms with Crippen LogP contribution in [0.2, 0.25) is 0 Å². The molecule has 5 rings (SSSR count). The van der Waals surface area contributed by atoms with E-state index in [9.17, 15) is 28.1 Å². The van der Waals surface area contributed by atoms with Gasteiger partial charge in [0.2, 0.25) is 0 Å². The second kappa shape index (κ2) is 10.9. The van der Waals surface area contributed by atoms with Crippen molar-refractivity contribution in [2.24, 2.45) is 5.92 Å². The number of fused-ring (bicyclic) bond motifs is 1. The third-order valence-electron chi connectivity index (χ3n) is 8.31. The molecule has 1 N–H and O–H groups in total. The maximum absolute atomic E-state index is 13.9. The van der Waals surface area contributed by atoms with Gasteiger partial charge in [0.05, 0.1) is 16.5 Å². The van der Waals surface area contributed by atoms with Crippen molar-refractivity contribution in [3.63, 3.8) is 0 Å². The number of rotatable bonds is 6. The molecular weight excluding hydrogens is 497 g/mol. The Morgan fingerprint density at radius 1 is 1.00 bits per heavy atom. The van der Waals surface area contributed by atoms with Crippen molar-refractivity contribution in [1.29, 1.82) is 0 Å². The zero-order valence-electron chi connectivity index (χ0n) is 21.3. The van der Waals surface area contributed by atoms with Crippen LogP contribution in [0.15, 0.2) is 42.5 Å². The molecule has 1 saturated carbocycles. The normalized spacial score (nSPS) is 21.9. The van der Waals surface area contributed by atoms with E-state index in [2.05, 4.69) is 16.3 Å². The first-order valence-electron chi connectivity index (χ1n) is 13.4. The van der Waals surface area contributed by atoms with Gasteiger partial charge in [0, 0.05) is 49.9 Å². The number of halogens is 3. The van der Waals surface area contributed by atoms with Gasteiger partial charge in [-0.05, 0) is 49.4 Å². The van der Waals surface area contributed by atoms with E-state index >= 15 is 0 Å². The molecule has 2 fully saturated rings. The van der Waals surface area contributed by atoms with Gasteiger partial charge in [-0.25, -0.2) is 0 Å². The molecule has 0 amide bonds. The Morgan fingerprint density at radius 2 is 1.71 bits per heavy atom. The standard InChI is InChI=1S/C28H33F3N4O3/c29-28(30,31)21-11-13-24(25(18-21)35(37)38)33-14-16-34(17-15-33)26(27(36)20-7-2-1-3-8-20)23-12-10-19-6-4-5-9-22(19)32-23/h4-6,9,11,13,18,20,23,26,32H,1-3,7-8,10,12,14-17H2. The summed E-state index contributed by atoms with van der Waals surface area (Å²) in [7, 11) is 0. The number of aryl methyl sites for hydroxylation is 1. The van der Waals surface area contributed by atoms with Crippen LogP contribution in [0.25, 0.3) is 0 Å². The van der Waals surface area contributed by atoms with E-state index in [0.29, 0.717) is 32.2 Å². The highest BCUT2D eigenvalue weighted by Gasteiger charge is 2.41. The maximum atomic E-state index is 13.9. The van der Waals surface area contributed by atoms with Crippen LogP contribution in [0.1, 0.15) is 49.7 Å². The summed E-state index contributed by atoms with van der Waals surface area (Å²) in [6, 6.07) is 10.5. The summed E-state index contributed by atoms with van der Waals surface area (Å²) in [5.74, 6) is 0.317. The largest absolute Gasteiger partial charge is 0.416 e. The lowest BCUT2D eigenvalue weighted by atomic mass is 9.80. The molecule has 0 spiro atoms. The molecule has 3 aliphatic rings. The van der Waals surface area contributed by atoms with Crippen LogP contribution in [0.3, 0.4) is 0 Å². The topological polar surface area (TPSA) is 78.7 Å². The minimum Gasteiger partial charge on any atom is -0.380 e. The number of piperazine rings is 1. The number of anilines is 2. The Balaban J connectivity index is 1.36. The number of benzene rings is 2. The first kappa shape index (κ1) is 26.5. The summed E-state index contributed by atoms with van der Waals surface area (Å²) in [4.78, 5) is 28.8. The molecule has 7 nitrogen and oxygen atoms in total. The van der Waals surface area contributed by atoms with E-state index in [0.717, 1.165) is 56.7 Å². The van der Waals surface area contributed by atoms with Crippen molar-refractivity contribution >= 4 is 22.8 Å². The minimum absolute atomic E-state index is 0.0359. The lowest BCUT2D eigenvalue weighted by Crippen LogP contribution is -2.60. The van der Waals surface area contributed by atoms with E-state index in [1.807, 2.05) is 18.2 Å². The minimum atomic E-state index is -4.65. The lowest BCUT2D eigenvalue weighted by Gasteiger charge is -2.44. The number of nitrogens with zero attached hydrogens (tertiary/aromatic N) is 3. The van der Waals surface area contributed by atoms with Crippen LogP contribution >= 0.6 is 0 Å². The molecule has 2 aromatic carbocycles. The van der Waals surface area contributed by atoms with Gasteiger partial charge in [-0.1, -0.05) is 37.5 Å². The molecule has 2 aliphatic heterocycles. The second-order valence-electron chi connectivity index (χ2n) is 10.6. The van der Waals surface area contributed by atoms with Crippen LogP contribution in [-0.4, -0.2) is 53.9 Å². The Labute approximate surface area is 220 Å². The van der Waals surface area contributed by atoms with Crippen molar-refractivity contribution in [2.45, 2.75) is 63.2 Å². The third-order valence-corrected chi connectivity index (χ3v) is 8.31. The van der Waals surface area contributed by atoms with Crippen LogP contribution in [0.5, 0.6) is 0 Å². The molecule has 2 atom stereocenters. The van der Waals surface area contributed by atoms with E-state index in [1.54, 1.807) is 4.90 Å². The summed E-state index contributed by atoms with van der Waals surface area (Å²) >= 11 is 0. The average molecular weight is 531 g/mol. The number of nitro benzene ring substituents is 1. The summed E-state index contributed by atoms with van der Waals surface area (Å²) in [6.45, 7) is 1.79. The number of ketones is 1. The molecule has 1 aliphatic carbocycles. The van der Waals surface area contributed by atoms with E-state index in [-0.39, 0.29) is 29.5 Å². The molecule has 38 heavy (non-hydrogen) atoms. The molecular formula is C28H33F3N4O3. The molecule has 0 aromatic heterocycles. The Morgan fingerprint density at radius 3 is 2.39 bits per heavy atom. The highest BCUT2D eigenvalue weighted by atomic mass is 19.4. The second-order valence-corrected chi connectivity index (χ2v) is 10.6. The number of carbonyl (C=O) groups excluding carboxylic acids is 1. The number of nitrogens with one attached hydrogen (secondary N) is 1. The molecule has 2 unspecified atom stereocenters. The summed E-state index contributed by atoms with van der Waals surface area (Å²) in [5.41, 5.74) is 0.904. The van der Waals surface area contributed by atoms with Gasteiger partial charge in [-0.15, -0.1) is 0 Å². The monoisotopic (exact) mass is 530 g/mol. The highest BCUT2D eigenvalue weighted by molar-refractivity contribution is 5.88. The Bertz CT molecular complexity index is 1170. The molecule has 10 heteroatoms. The average Bonchev–Trinajstić information content (AvgIpc) is 2.93. The fourth-order valence-corrected chi connectivity index (χ4v) is 6.31. The Hall–Kier alpha value is -3.14. The smallest absolute Gasteiger partial charge is 0.380 e. The first-order valence-corrected chi connectivity index (χ1v) is 13.4. The number of hydrogen-bond acceptors (Lipinski definition) is 6. The summed E-state index contributed by atoms with van der Waals surface area (Å²) < 4.78 is 39.5. The molecule has 1 saturated heterocycles. The van der Waals surface area contributed by atoms with Crippen LogP contribution in [-0.2, 0) is 17.4 Å². The quantitative estimate of drug-likeness (QED) is 0.383. The van der Waals surface area contributed by atoms with Crippen LogP contribution in [0.4, 0.5) is 30.2 Å². The van der Waals surface area contributed by atoms with Crippen LogP contribution < -0.4 is 10.2 Å². The van der Waals surface area contributed by atoms with Gasteiger partial charge in [-0.3, -0.25) is 19.8 Å². The maximum Gasteiger partial charge on any atom is 0.416 e. The zero-order valence-corrected chi connectivity index (χ0v) is 21.3. The van der Waals surface area contributed by atoms with E-state index in [1.165, 1.54) is 11.6 Å². The van der Waals surface area contributed by atoms with Crippen molar-refractivity contribution in [1.82, 2.24) is 4.90 Å². The number of Topliss-reactive ketones (excluding diaryl/α,β-unsaturated/α-hetero) is 1. The number of carbonyl (C=O) groups is 1. The third kappa shape index (κ3) is 5.50. The molecule has 0 bridgehead atoms. The van der Waals surface area contributed by atoms with Gasteiger partial charge in [0.25, 0.3) is 5.69 Å².